The molecule has 0 fully saturated rings. The fourth-order valence-corrected chi connectivity index (χ4v) is 1.72. The normalized spacial score (nSPS) is 12.2. The third kappa shape index (κ3) is 4.38. The zero-order valence-electron chi connectivity index (χ0n) is 11.7. The van der Waals surface area contributed by atoms with E-state index in [1.54, 1.807) is 6.92 Å². The van der Waals surface area contributed by atoms with E-state index in [0.29, 0.717) is 5.92 Å². The van der Waals surface area contributed by atoms with Crippen molar-refractivity contribution < 1.29 is 4.74 Å². The van der Waals surface area contributed by atoms with E-state index >= 15 is 0 Å². The predicted molar refractivity (Wildman–Crippen MR) is 73.4 cm³/mol. The van der Waals surface area contributed by atoms with Crippen LogP contribution in [0.1, 0.15) is 31.9 Å². The van der Waals surface area contributed by atoms with E-state index in [4.69, 9.17) is 10.00 Å². The van der Waals surface area contributed by atoms with Crippen molar-refractivity contribution in [3.8, 4) is 11.8 Å². The van der Waals surface area contributed by atoms with Gasteiger partial charge in [-0.05, 0) is 31.9 Å². The van der Waals surface area contributed by atoms with Crippen LogP contribution in [0.2, 0.25) is 0 Å². The Kier molecular flexibility index (Phi) is 5.67. The van der Waals surface area contributed by atoms with E-state index < -0.39 is 6.10 Å². The third-order valence-corrected chi connectivity index (χ3v) is 2.64. The van der Waals surface area contributed by atoms with Crippen molar-refractivity contribution in [1.29, 1.82) is 5.26 Å². The first kappa shape index (κ1) is 14.5. The Balaban J connectivity index is 2.77. The quantitative estimate of drug-likeness (QED) is 0.839. The van der Waals surface area contributed by atoms with Gasteiger partial charge in [0.25, 0.3) is 0 Å². The molecular formula is C15H22N2O. The Labute approximate surface area is 110 Å². The van der Waals surface area contributed by atoms with Gasteiger partial charge in [0.05, 0.1) is 0 Å². The minimum atomic E-state index is -0.421. The van der Waals surface area contributed by atoms with Crippen LogP contribution in [0.25, 0.3) is 0 Å². The lowest BCUT2D eigenvalue weighted by Crippen LogP contribution is -2.20. The Morgan fingerprint density at radius 3 is 2.67 bits per heavy atom. The second-order valence-electron chi connectivity index (χ2n) is 4.98. The molecule has 0 aliphatic heterocycles. The molecule has 0 heterocycles. The Morgan fingerprint density at radius 2 is 2.06 bits per heavy atom. The molecule has 0 amide bonds. The summed E-state index contributed by atoms with van der Waals surface area (Å²) >= 11 is 0. The molecule has 1 aromatic carbocycles. The molecule has 0 spiro atoms. The molecule has 0 saturated carbocycles. The summed E-state index contributed by atoms with van der Waals surface area (Å²) in [6.45, 7) is 9.87. The van der Waals surface area contributed by atoms with Gasteiger partial charge in [-0.15, -0.1) is 0 Å². The molecule has 3 heteroatoms. The van der Waals surface area contributed by atoms with Crippen molar-refractivity contribution in [3.05, 3.63) is 29.3 Å². The second kappa shape index (κ2) is 7.03. The highest BCUT2D eigenvalue weighted by Crippen LogP contribution is 2.24. The number of nitriles is 1. The van der Waals surface area contributed by atoms with Gasteiger partial charge >= 0.3 is 0 Å². The topological polar surface area (TPSA) is 45.0 Å². The van der Waals surface area contributed by atoms with E-state index in [1.165, 1.54) is 0 Å². The molecule has 98 valence electrons. The maximum atomic E-state index is 8.84. The number of hydrogen-bond acceptors (Lipinski definition) is 3. The van der Waals surface area contributed by atoms with Gasteiger partial charge < -0.3 is 10.1 Å². The summed E-state index contributed by atoms with van der Waals surface area (Å²) < 4.78 is 5.68. The number of nitrogens with one attached hydrogen (secondary N) is 1. The molecule has 18 heavy (non-hydrogen) atoms. The smallest absolute Gasteiger partial charge is 0.181 e. The van der Waals surface area contributed by atoms with E-state index in [0.717, 1.165) is 30.0 Å². The number of aryl methyl sites for hydroxylation is 1. The summed E-state index contributed by atoms with van der Waals surface area (Å²) in [6.07, 6.45) is -0.421. The number of hydrogen-bond donors (Lipinski definition) is 1. The zero-order chi connectivity index (χ0) is 13.5. The summed E-state index contributed by atoms with van der Waals surface area (Å²) in [6, 6.07) is 8.17. The van der Waals surface area contributed by atoms with Gasteiger partial charge in [0.2, 0.25) is 0 Å². The van der Waals surface area contributed by atoms with Crippen molar-refractivity contribution in [2.24, 2.45) is 5.92 Å². The molecule has 0 aliphatic rings. The van der Waals surface area contributed by atoms with Crippen LogP contribution >= 0.6 is 0 Å². The number of nitrogens with zero attached hydrogens (tertiary/aromatic N) is 1. The Hall–Kier alpha value is -1.53. The van der Waals surface area contributed by atoms with Gasteiger partial charge in [-0.2, -0.15) is 5.26 Å². The first-order valence-electron chi connectivity index (χ1n) is 6.40. The number of rotatable bonds is 6. The first-order valence-corrected chi connectivity index (χ1v) is 6.40. The highest BCUT2D eigenvalue weighted by molar-refractivity contribution is 5.41. The molecule has 1 rings (SSSR count). The lowest BCUT2D eigenvalue weighted by atomic mass is 10.1. The van der Waals surface area contributed by atoms with Crippen molar-refractivity contribution in [3.63, 3.8) is 0 Å². The summed E-state index contributed by atoms with van der Waals surface area (Å²) in [7, 11) is 0. The third-order valence-electron chi connectivity index (χ3n) is 2.64. The molecule has 1 unspecified atom stereocenters. The molecule has 0 radical (unpaired) electrons. The number of para-hydroxylation sites is 1. The predicted octanol–water partition coefficient (Wildman–Crippen LogP) is 3.03. The fraction of sp³-hybridized carbons (Fsp3) is 0.533. The standard InChI is InChI=1S/C15H22N2O/c1-11(2)9-17-10-14-7-5-6-12(3)15(14)18-13(4)8-16/h5-7,11,13,17H,9-10H2,1-4H3. The van der Waals surface area contributed by atoms with Gasteiger partial charge in [-0.3, -0.25) is 0 Å². The molecular weight excluding hydrogens is 224 g/mol. The molecule has 0 aromatic heterocycles. The largest absolute Gasteiger partial charge is 0.475 e. The molecule has 0 aliphatic carbocycles. The lowest BCUT2D eigenvalue weighted by molar-refractivity contribution is 0.271. The molecule has 1 atom stereocenters. The van der Waals surface area contributed by atoms with Crippen LogP contribution in [0.4, 0.5) is 0 Å². The molecule has 1 aromatic rings. The van der Waals surface area contributed by atoms with Crippen LogP contribution in [0, 0.1) is 24.2 Å². The van der Waals surface area contributed by atoms with E-state index in [2.05, 4.69) is 25.2 Å². The minimum Gasteiger partial charge on any atom is -0.475 e. The highest BCUT2D eigenvalue weighted by Gasteiger charge is 2.10. The number of benzene rings is 1. The molecule has 0 bridgehead atoms. The molecule has 0 saturated heterocycles. The summed E-state index contributed by atoms with van der Waals surface area (Å²) in [5.74, 6) is 1.46. The number of ether oxygens (including phenoxy) is 1. The van der Waals surface area contributed by atoms with Crippen LogP contribution < -0.4 is 10.1 Å². The lowest BCUT2D eigenvalue weighted by Gasteiger charge is -2.16. The molecule has 3 nitrogen and oxygen atoms in total. The average molecular weight is 246 g/mol. The Morgan fingerprint density at radius 1 is 1.33 bits per heavy atom. The van der Waals surface area contributed by atoms with Gasteiger partial charge in [0.15, 0.2) is 6.10 Å². The van der Waals surface area contributed by atoms with Crippen LogP contribution in [0.3, 0.4) is 0 Å². The summed E-state index contributed by atoms with van der Waals surface area (Å²) in [5.41, 5.74) is 2.18. The zero-order valence-corrected chi connectivity index (χ0v) is 11.7. The van der Waals surface area contributed by atoms with Crippen molar-refractivity contribution in [2.75, 3.05) is 6.54 Å². The fourth-order valence-electron chi connectivity index (χ4n) is 1.72. The van der Waals surface area contributed by atoms with E-state index in [9.17, 15) is 0 Å². The van der Waals surface area contributed by atoms with Crippen LogP contribution in [-0.4, -0.2) is 12.6 Å². The second-order valence-corrected chi connectivity index (χ2v) is 4.98. The minimum absolute atomic E-state index is 0.421. The highest BCUT2D eigenvalue weighted by atomic mass is 16.5. The monoisotopic (exact) mass is 246 g/mol. The van der Waals surface area contributed by atoms with E-state index in [1.807, 2.05) is 25.1 Å². The van der Waals surface area contributed by atoms with Gasteiger partial charge in [-0.25, -0.2) is 0 Å². The van der Waals surface area contributed by atoms with Gasteiger partial charge in [0.1, 0.15) is 11.8 Å². The SMILES string of the molecule is Cc1cccc(CNCC(C)C)c1OC(C)C#N. The first-order chi connectivity index (χ1) is 8.54. The van der Waals surface area contributed by atoms with Crippen molar-refractivity contribution in [1.82, 2.24) is 5.32 Å². The van der Waals surface area contributed by atoms with Crippen molar-refractivity contribution in [2.45, 2.75) is 40.3 Å². The average Bonchev–Trinajstić information content (AvgIpc) is 2.32. The molecule has 1 N–H and O–H groups in total. The van der Waals surface area contributed by atoms with Gasteiger partial charge in [-0.1, -0.05) is 32.0 Å². The van der Waals surface area contributed by atoms with Crippen LogP contribution in [0.15, 0.2) is 18.2 Å². The maximum Gasteiger partial charge on any atom is 0.181 e. The van der Waals surface area contributed by atoms with E-state index in [-0.39, 0.29) is 0 Å². The van der Waals surface area contributed by atoms with Gasteiger partial charge in [0, 0.05) is 12.1 Å². The van der Waals surface area contributed by atoms with Crippen molar-refractivity contribution >= 4 is 0 Å². The Bertz CT molecular complexity index is 421. The van der Waals surface area contributed by atoms with Crippen LogP contribution in [-0.2, 0) is 6.54 Å². The summed E-state index contributed by atoms with van der Waals surface area (Å²) in [5, 5.41) is 12.2. The summed E-state index contributed by atoms with van der Waals surface area (Å²) in [4.78, 5) is 0. The van der Waals surface area contributed by atoms with Crippen LogP contribution in [0.5, 0.6) is 5.75 Å². The maximum absolute atomic E-state index is 8.84.